The quantitative estimate of drug-likeness (QED) is 0.559. The van der Waals surface area contributed by atoms with Gasteiger partial charge in [0.05, 0.1) is 5.75 Å². The Labute approximate surface area is 70.3 Å². The van der Waals surface area contributed by atoms with Crippen molar-refractivity contribution in [3.8, 4) is 0 Å². The van der Waals surface area contributed by atoms with Gasteiger partial charge in [0.1, 0.15) is 0 Å². The normalized spacial score (nSPS) is 9.75. The van der Waals surface area contributed by atoms with Gasteiger partial charge in [-0.3, -0.25) is 5.10 Å². The molecule has 6 heteroatoms. The summed E-state index contributed by atoms with van der Waals surface area (Å²) in [7, 11) is -4.29. The lowest BCUT2D eigenvalue weighted by Gasteiger charge is -1.78. The first kappa shape index (κ1) is 10.8. The Hall–Kier alpha value is -1.17. The lowest BCUT2D eigenvalue weighted by molar-refractivity contribution is 0.555. The van der Waals surface area contributed by atoms with Gasteiger partial charge in [-0.25, -0.2) is 0 Å². The monoisotopic (exact) mass is 192 g/mol. The summed E-state index contributed by atoms with van der Waals surface area (Å²) < 4.78 is 30.3. The van der Waals surface area contributed by atoms with Crippen molar-refractivity contribution in [1.29, 1.82) is 0 Å². The molecule has 0 aliphatic heterocycles. The molecule has 0 amide bonds. The van der Waals surface area contributed by atoms with Crippen LogP contribution >= 0.6 is 0 Å². The molecule has 1 aromatic rings. The van der Waals surface area contributed by atoms with Gasteiger partial charge < -0.3 is 0 Å². The van der Waals surface area contributed by atoms with Gasteiger partial charge in [0, 0.05) is 12.4 Å². The third kappa shape index (κ3) is 8.83. The maximum absolute atomic E-state index is 11.3. The summed E-state index contributed by atoms with van der Waals surface area (Å²) in [6.07, 6.45) is 4.45. The van der Waals surface area contributed by atoms with Gasteiger partial charge in [-0.05, 0) is 6.07 Å². The molecule has 4 nitrogen and oxygen atoms in total. The van der Waals surface area contributed by atoms with E-state index >= 15 is 0 Å². The first-order valence-electron chi connectivity index (χ1n) is 3.03. The van der Waals surface area contributed by atoms with E-state index in [0.29, 0.717) is 0 Å². The molecule has 0 aliphatic carbocycles. The summed E-state index contributed by atoms with van der Waals surface area (Å²) in [6, 6.07) is 1.83. The molecular weight excluding hydrogens is 183 g/mol. The number of rotatable bonds is 2. The Bertz CT molecular complexity index is 276. The van der Waals surface area contributed by atoms with Crippen LogP contribution in [0.1, 0.15) is 0 Å². The Morgan fingerprint density at radius 3 is 2.42 bits per heavy atom. The van der Waals surface area contributed by atoms with E-state index in [1.165, 1.54) is 0 Å². The predicted octanol–water partition coefficient (Wildman–Crippen LogP) is 0.881. The van der Waals surface area contributed by atoms with Crippen molar-refractivity contribution in [1.82, 2.24) is 10.2 Å². The van der Waals surface area contributed by atoms with E-state index < -0.39 is 16.0 Å². The van der Waals surface area contributed by atoms with Crippen LogP contribution in [0.5, 0.6) is 0 Å². The molecule has 0 saturated heterocycles. The maximum atomic E-state index is 11.3. The van der Waals surface area contributed by atoms with E-state index in [2.05, 4.69) is 16.8 Å². The van der Waals surface area contributed by atoms with Crippen LogP contribution in [0.15, 0.2) is 31.1 Å². The molecule has 0 fully saturated rings. The second-order valence-corrected chi connectivity index (χ2v) is 3.17. The van der Waals surface area contributed by atoms with Gasteiger partial charge in [-0.2, -0.15) is 13.5 Å². The number of nitrogens with zero attached hydrogens (tertiary/aromatic N) is 1. The van der Waals surface area contributed by atoms with Gasteiger partial charge >= 0.3 is 10.2 Å². The van der Waals surface area contributed by atoms with Crippen LogP contribution in [0.3, 0.4) is 0 Å². The highest BCUT2D eigenvalue weighted by molar-refractivity contribution is 7.86. The van der Waals surface area contributed by atoms with E-state index in [4.69, 9.17) is 0 Å². The fourth-order valence-corrected chi connectivity index (χ4v) is 0.637. The maximum Gasteiger partial charge on any atom is 0.305 e. The van der Waals surface area contributed by atoms with Crippen LogP contribution in [0.25, 0.3) is 0 Å². The van der Waals surface area contributed by atoms with E-state index in [1.807, 2.05) is 6.07 Å². The van der Waals surface area contributed by atoms with Crippen LogP contribution in [-0.4, -0.2) is 24.4 Å². The summed E-state index contributed by atoms with van der Waals surface area (Å²) in [5.74, 6) is -0.590. The number of aromatic amines is 1. The first-order chi connectivity index (χ1) is 5.56. The van der Waals surface area contributed by atoms with Gasteiger partial charge in [0.2, 0.25) is 0 Å². The van der Waals surface area contributed by atoms with Gasteiger partial charge in [0.15, 0.2) is 0 Å². The summed E-state index contributed by atoms with van der Waals surface area (Å²) in [5.41, 5.74) is 0. The molecule has 0 spiro atoms. The number of H-pyrrole nitrogens is 1. The zero-order chi connectivity index (χ0) is 9.45. The summed E-state index contributed by atoms with van der Waals surface area (Å²) >= 11 is 0. The standard InChI is InChI=1S/C3H5FO2S.C3H4N2/c1-2-3-7(4,5)6;1-2-4-5-3-1/h2H,1,3H2;1-3H,(H,4,5). The zero-order valence-corrected chi connectivity index (χ0v) is 7.09. The zero-order valence-electron chi connectivity index (χ0n) is 6.27. The lowest BCUT2D eigenvalue weighted by Crippen LogP contribution is -1.92. The summed E-state index contributed by atoms with van der Waals surface area (Å²) in [4.78, 5) is 0. The average Bonchev–Trinajstić information content (AvgIpc) is 2.38. The van der Waals surface area contributed by atoms with Gasteiger partial charge in [-0.15, -0.1) is 10.5 Å². The molecule has 1 N–H and O–H groups in total. The smallest absolute Gasteiger partial charge is 0.286 e. The Balaban J connectivity index is 0.000000211. The number of hydrogen-bond donors (Lipinski definition) is 1. The molecule has 1 aromatic heterocycles. The first-order valence-corrected chi connectivity index (χ1v) is 4.58. The van der Waals surface area contributed by atoms with Crippen molar-refractivity contribution < 1.29 is 12.3 Å². The molecule has 0 aliphatic rings. The average molecular weight is 192 g/mol. The Kier molecular flexibility index (Phi) is 4.94. The number of aromatic nitrogens is 2. The molecule has 0 aromatic carbocycles. The van der Waals surface area contributed by atoms with Crippen LogP contribution < -0.4 is 0 Å². The van der Waals surface area contributed by atoms with Crippen molar-refractivity contribution in [2.75, 3.05) is 5.75 Å². The van der Waals surface area contributed by atoms with E-state index in [1.54, 1.807) is 12.4 Å². The molecule has 0 atom stereocenters. The minimum atomic E-state index is -4.29. The number of halogens is 1. The predicted molar refractivity (Wildman–Crippen MR) is 43.7 cm³/mol. The van der Waals surface area contributed by atoms with Crippen molar-refractivity contribution >= 4 is 10.2 Å². The van der Waals surface area contributed by atoms with E-state index in [9.17, 15) is 12.3 Å². The topological polar surface area (TPSA) is 62.8 Å². The highest BCUT2D eigenvalue weighted by Gasteiger charge is 1.99. The molecule has 12 heavy (non-hydrogen) atoms. The molecule has 0 saturated carbocycles. The molecule has 0 bridgehead atoms. The lowest BCUT2D eigenvalue weighted by atomic mass is 10.8. The highest BCUT2D eigenvalue weighted by atomic mass is 32.3. The van der Waals surface area contributed by atoms with Crippen LogP contribution in [0.2, 0.25) is 0 Å². The van der Waals surface area contributed by atoms with Crippen molar-refractivity contribution in [3.05, 3.63) is 31.1 Å². The number of hydrogen-bond acceptors (Lipinski definition) is 3. The second-order valence-electron chi connectivity index (χ2n) is 1.76. The fraction of sp³-hybridized carbons (Fsp3) is 0.167. The number of nitrogens with one attached hydrogen (secondary N) is 1. The Morgan fingerprint density at radius 2 is 2.33 bits per heavy atom. The highest BCUT2D eigenvalue weighted by Crippen LogP contribution is 1.87. The van der Waals surface area contributed by atoms with Crippen LogP contribution in [0.4, 0.5) is 3.89 Å². The van der Waals surface area contributed by atoms with E-state index in [-0.39, 0.29) is 0 Å². The molecule has 1 rings (SSSR count). The molecule has 0 radical (unpaired) electrons. The van der Waals surface area contributed by atoms with Crippen LogP contribution in [-0.2, 0) is 10.2 Å². The molecule has 68 valence electrons. The van der Waals surface area contributed by atoms with E-state index in [0.717, 1.165) is 6.08 Å². The minimum Gasteiger partial charge on any atom is -0.286 e. The third-order valence-electron chi connectivity index (χ3n) is 0.723. The molecule has 0 unspecified atom stereocenters. The van der Waals surface area contributed by atoms with Gasteiger partial charge in [-0.1, -0.05) is 6.08 Å². The fourth-order valence-electron chi connectivity index (χ4n) is 0.356. The van der Waals surface area contributed by atoms with Gasteiger partial charge in [0.25, 0.3) is 0 Å². The minimum absolute atomic E-state index is 0.590. The summed E-state index contributed by atoms with van der Waals surface area (Å²) in [6.45, 7) is 3.03. The molecule has 1 heterocycles. The SMILES string of the molecule is C=CCS(=O)(=O)F.c1cn[nH]c1. The van der Waals surface area contributed by atoms with Crippen molar-refractivity contribution in [2.45, 2.75) is 0 Å². The molecular formula is C6H9FN2O2S. The third-order valence-corrected chi connectivity index (χ3v) is 1.36. The Morgan fingerprint density at radius 1 is 1.67 bits per heavy atom. The second kappa shape index (κ2) is 5.48. The van der Waals surface area contributed by atoms with Crippen LogP contribution in [0, 0.1) is 0 Å². The van der Waals surface area contributed by atoms with Crippen molar-refractivity contribution in [2.24, 2.45) is 0 Å². The summed E-state index contributed by atoms with van der Waals surface area (Å²) in [5, 5.41) is 6.21. The van der Waals surface area contributed by atoms with Crippen molar-refractivity contribution in [3.63, 3.8) is 0 Å². The largest absolute Gasteiger partial charge is 0.305 e.